The van der Waals surface area contributed by atoms with E-state index in [2.05, 4.69) is 20.3 Å². The van der Waals surface area contributed by atoms with E-state index in [1.54, 1.807) is 10.6 Å². The lowest BCUT2D eigenvalue weighted by Gasteiger charge is -2.18. The van der Waals surface area contributed by atoms with Gasteiger partial charge in [0.25, 0.3) is 5.56 Å². The summed E-state index contributed by atoms with van der Waals surface area (Å²) in [6.45, 7) is 2.20. The molecule has 10 heteroatoms. The van der Waals surface area contributed by atoms with Crippen molar-refractivity contribution in [3.05, 3.63) is 112 Å². The van der Waals surface area contributed by atoms with Gasteiger partial charge in [0.2, 0.25) is 0 Å². The van der Waals surface area contributed by atoms with E-state index in [0.29, 0.717) is 27.5 Å². The molecule has 6 rings (SSSR count). The molecule has 0 saturated carbocycles. The largest absolute Gasteiger partial charge is 0.383 e. The lowest BCUT2D eigenvalue weighted by atomic mass is 10.0. The number of nitrogens with one attached hydrogen (secondary N) is 2. The molecule has 0 aliphatic carbocycles. The maximum atomic E-state index is 13.7. The Bertz CT molecular complexity index is 1950. The van der Waals surface area contributed by atoms with Crippen LogP contribution in [0.2, 0.25) is 0 Å². The van der Waals surface area contributed by atoms with Crippen LogP contribution in [0.15, 0.2) is 83.9 Å². The van der Waals surface area contributed by atoms with Gasteiger partial charge in [0, 0.05) is 16.9 Å². The van der Waals surface area contributed by atoms with E-state index in [1.165, 1.54) is 17.7 Å². The summed E-state index contributed by atoms with van der Waals surface area (Å²) < 4.78 is 2.58. The van der Waals surface area contributed by atoms with E-state index in [4.69, 9.17) is 16.9 Å². The number of nitrogens with two attached hydrogens (primary N) is 2. The van der Waals surface area contributed by atoms with E-state index in [0.717, 1.165) is 32.5 Å². The predicted octanol–water partition coefficient (Wildman–Crippen LogP) is 4.89. The number of anilines is 3. The van der Waals surface area contributed by atoms with Crippen LogP contribution in [0.25, 0.3) is 26.7 Å². The summed E-state index contributed by atoms with van der Waals surface area (Å²) in [5.41, 5.74) is 16.4. The molecule has 6 N–H and O–H groups in total. The number of aryl methyl sites for hydroxylation is 1. The Balaban J connectivity index is 1.42. The minimum Gasteiger partial charge on any atom is -0.383 e. The van der Waals surface area contributed by atoms with Crippen LogP contribution >= 0.6 is 11.3 Å². The molecular weight excluding hydrogens is 508 g/mol. The van der Waals surface area contributed by atoms with Crippen molar-refractivity contribution in [2.45, 2.75) is 13.5 Å². The summed E-state index contributed by atoms with van der Waals surface area (Å²) in [6.07, 6.45) is 1.36. The molecule has 0 atom stereocenters. The molecule has 3 aromatic heterocycles. The van der Waals surface area contributed by atoms with Gasteiger partial charge in [-0.25, -0.2) is 15.0 Å². The number of thiazole rings is 1. The number of nitrogens with zero attached hydrogens (tertiary/aromatic N) is 4. The molecule has 0 unspecified atom stereocenters. The first-order chi connectivity index (χ1) is 18.9. The van der Waals surface area contributed by atoms with Crippen LogP contribution < -0.4 is 22.3 Å². The highest BCUT2D eigenvalue weighted by Gasteiger charge is 2.19. The molecule has 0 spiro atoms. The third-order valence-electron chi connectivity index (χ3n) is 6.60. The molecule has 0 aliphatic rings. The Morgan fingerprint density at radius 3 is 2.67 bits per heavy atom. The summed E-state index contributed by atoms with van der Waals surface area (Å²) in [5.74, 6) is 0.573. The molecule has 3 heterocycles. The third kappa shape index (κ3) is 4.36. The molecule has 0 aliphatic heterocycles. The van der Waals surface area contributed by atoms with E-state index in [-0.39, 0.29) is 23.6 Å². The first-order valence-corrected chi connectivity index (χ1v) is 13.0. The molecule has 0 fully saturated rings. The smallest absolute Gasteiger partial charge is 0.263 e. The standard InChI is InChI=1S/C29H24N8OS/c1-16-6-5-7-17-12-20(37(28(38)23(16)17)19-8-3-2-4-9-19)14-33-27-24(26(31)34-15-35-27)25(30)18-10-11-21-22(13-18)39-29(32)36-21/h2-13,15,30H,14H2,1H3,(H2,32,36)(H3,31,33,34,35). The first-order valence-electron chi connectivity index (χ1n) is 12.2. The second-order valence-electron chi connectivity index (χ2n) is 9.10. The Kier molecular flexibility index (Phi) is 6.01. The number of nitrogen functional groups attached to an aromatic ring is 2. The van der Waals surface area contributed by atoms with Crippen LogP contribution in [0.5, 0.6) is 0 Å². The minimum absolute atomic E-state index is 0.0964. The fraction of sp³-hybridized carbons (Fsp3) is 0.0690. The summed E-state index contributed by atoms with van der Waals surface area (Å²) in [5, 5.41) is 14.3. The highest BCUT2D eigenvalue weighted by atomic mass is 32.1. The average Bonchev–Trinajstić information content (AvgIpc) is 3.31. The van der Waals surface area contributed by atoms with Crippen LogP contribution in [0.1, 0.15) is 22.4 Å². The van der Waals surface area contributed by atoms with Crippen LogP contribution in [-0.2, 0) is 6.54 Å². The van der Waals surface area contributed by atoms with Crippen molar-refractivity contribution in [1.82, 2.24) is 19.5 Å². The first kappa shape index (κ1) is 24.3. The quantitative estimate of drug-likeness (QED) is 0.223. The zero-order chi connectivity index (χ0) is 27.1. The summed E-state index contributed by atoms with van der Waals surface area (Å²) in [4.78, 5) is 26.6. The Morgan fingerprint density at radius 2 is 1.85 bits per heavy atom. The number of hydrogen-bond acceptors (Lipinski definition) is 9. The lowest BCUT2D eigenvalue weighted by Crippen LogP contribution is -2.24. The van der Waals surface area contributed by atoms with E-state index in [1.807, 2.05) is 73.7 Å². The van der Waals surface area contributed by atoms with Crippen LogP contribution in [-0.4, -0.2) is 25.2 Å². The van der Waals surface area contributed by atoms with Gasteiger partial charge < -0.3 is 16.8 Å². The predicted molar refractivity (Wildman–Crippen MR) is 158 cm³/mol. The van der Waals surface area contributed by atoms with Crippen molar-refractivity contribution < 1.29 is 0 Å². The number of benzene rings is 3. The minimum atomic E-state index is -0.0964. The Labute approximate surface area is 227 Å². The fourth-order valence-corrected chi connectivity index (χ4v) is 5.55. The van der Waals surface area contributed by atoms with Gasteiger partial charge in [-0.2, -0.15) is 0 Å². The molecular formula is C29H24N8OS. The number of aromatic nitrogens is 4. The summed E-state index contributed by atoms with van der Waals surface area (Å²) in [6, 6.07) is 22.8. The second-order valence-corrected chi connectivity index (χ2v) is 10.2. The molecule has 39 heavy (non-hydrogen) atoms. The van der Waals surface area contributed by atoms with Crippen LogP contribution in [0.3, 0.4) is 0 Å². The molecule has 0 radical (unpaired) electrons. The topological polar surface area (TPSA) is 149 Å². The Hall–Kier alpha value is -5.09. The maximum Gasteiger partial charge on any atom is 0.263 e. The van der Waals surface area contributed by atoms with E-state index < -0.39 is 0 Å². The van der Waals surface area contributed by atoms with E-state index in [9.17, 15) is 4.79 Å². The number of pyridine rings is 1. The number of fused-ring (bicyclic) bond motifs is 2. The number of para-hydroxylation sites is 1. The molecule has 9 nitrogen and oxygen atoms in total. The van der Waals surface area contributed by atoms with Gasteiger partial charge in [-0.05, 0) is 48.2 Å². The van der Waals surface area contributed by atoms with Crippen LogP contribution in [0.4, 0.5) is 16.8 Å². The second kappa shape index (κ2) is 9.66. The van der Waals surface area contributed by atoms with Gasteiger partial charge in [0.15, 0.2) is 5.13 Å². The Morgan fingerprint density at radius 1 is 1.03 bits per heavy atom. The zero-order valence-electron chi connectivity index (χ0n) is 21.0. The van der Waals surface area contributed by atoms with Crippen molar-refractivity contribution in [2.24, 2.45) is 0 Å². The van der Waals surface area contributed by atoms with Gasteiger partial charge >= 0.3 is 0 Å². The average molecular weight is 533 g/mol. The number of rotatable bonds is 6. The summed E-state index contributed by atoms with van der Waals surface area (Å²) in [7, 11) is 0. The molecule has 0 amide bonds. The lowest BCUT2D eigenvalue weighted by molar-refractivity contribution is 0.889. The van der Waals surface area contributed by atoms with Crippen molar-refractivity contribution in [2.75, 3.05) is 16.8 Å². The molecule has 192 valence electrons. The fourth-order valence-electron chi connectivity index (χ4n) is 4.78. The zero-order valence-corrected chi connectivity index (χ0v) is 21.8. The normalized spacial score (nSPS) is 11.2. The van der Waals surface area contributed by atoms with Gasteiger partial charge in [-0.1, -0.05) is 53.8 Å². The SMILES string of the molecule is Cc1cccc2cc(CNc3ncnc(N)c3C(=N)c3ccc4nc(N)sc4c3)n(-c3ccccc3)c(=O)c12. The van der Waals surface area contributed by atoms with Gasteiger partial charge in [-0.15, -0.1) is 0 Å². The highest BCUT2D eigenvalue weighted by Crippen LogP contribution is 2.28. The monoisotopic (exact) mass is 532 g/mol. The van der Waals surface area contributed by atoms with Crippen molar-refractivity contribution in [1.29, 1.82) is 5.41 Å². The van der Waals surface area contributed by atoms with E-state index >= 15 is 0 Å². The molecule has 0 saturated heterocycles. The van der Waals surface area contributed by atoms with Gasteiger partial charge in [0.1, 0.15) is 18.0 Å². The third-order valence-corrected chi connectivity index (χ3v) is 7.45. The van der Waals surface area contributed by atoms with Gasteiger partial charge in [-0.3, -0.25) is 14.8 Å². The van der Waals surface area contributed by atoms with Crippen molar-refractivity contribution in [3.8, 4) is 5.69 Å². The molecule has 3 aromatic carbocycles. The number of hydrogen-bond donors (Lipinski definition) is 4. The summed E-state index contributed by atoms with van der Waals surface area (Å²) >= 11 is 1.36. The van der Waals surface area contributed by atoms with Gasteiger partial charge in [0.05, 0.1) is 33.4 Å². The molecule has 6 aromatic rings. The van der Waals surface area contributed by atoms with Crippen molar-refractivity contribution in [3.63, 3.8) is 0 Å². The molecule has 0 bridgehead atoms. The maximum absolute atomic E-state index is 13.7. The van der Waals surface area contributed by atoms with Crippen molar-refractivity contribution >= 4 is 54.8 Å². The van der Waals surface area contributed by atoms with Crippen LogP contribution in [0, 0.1) is 12.3 Å². The highest BCUT2D eigenvalue weighted by molar-refractivity contribution is 7.22.